The van der Waals surface area contributed by atoms with E-state index in [1.54, 1.807) is 5.56 Å². The highest BCUT2D eigenvalue weighted by molar-refractivity contribution is 6.36. The number of rotatable bonds is 2. The van der Waals surface area contributed by atoms with Gasteiger partial charge in [0.15, 0.2) is 0 Å². The van der Waals surface area contributed by atoms with Gasteiger partial charge in [-0.05, 0) is 53.8 Å². The zero-order valence-electron chi connectivity index (χ0n) is 9.94. The Hall–Kier alpha value is -0.606. The van der Waals surface area contributed by atoms with Crippen molar-refractivity contribution in [1.82, 2.24) is 0 Å². The van der Waals surface area contributed by atoms with E-state index in [9.17, 15) is 0 Å². The van der Waals surface area contributed by atoms with E-state index in [1.165, 1.54) is 42.7 Å². The van der Waals surface area contributed by atoms with Crippen molar-refractivity contribution >= 4 is 26.6 Å². The highest BCUT2D eigenvalue weighted by Crippen LogP contribution is 2.26. The van der Waals surface area contributed by atoms with E-state index in [2.05, 4.69) is 33.4 Å². The maximum atomic E-state index is 3.92. The molecule has 0 N–H and O–H groups in total. The average Bonchev–Trinajstić information content (AvgIpc) is 2.12. The SMILES string of the molecule is C=Cc1cc(C)c(C)c(C)c1C([SiH3])[SiH3]. The molecule has 0 bridgehead atoms. The van der Waals surface area contributed by atoms with E-state index in [0.29, 0.717) is 0 Å². The summed E-state index contributed by atoms with van der Waals surface area (Å²) in [4.78, 5) is 0. The fourth-order valence-electron chi connectivity index (χ4n) is 2.07. The van der Waals surface area contributed by atoms with E-state index >= 15 is 0 Å². The molecule has 0 atom stereocenters. The predicted octanol–water partition coefficient (Wildman–Crippen LogP) is 0.984. The molecular weight excluding hydrogens is 200 g/mol. The van der Waals surface area contributed by atoms with Crippen LogP contribution in [0.4, 0.5) is 0 Å². The van der Waals surface area contributed by atoms with E-state index < -0.39 is 0 Å². The van der Waals surface area contributed by atoms with Crippen LogP contribution in [0.2, 0.25) is 0 Å². The summed E-state index contributed by atoms with van der Waals surface area (Å²) in [5, 5.41) is 0.849. The Morgan fingerprint density at radius 3 is 2.21 bits per heavy atom. The monoisotopic (exact) mass is 220 g/mol. The van der Waals surface area contributed by atoms with Crippen LogP contribution in [-0.4, -0.2) is 20.5 Å². The second-order valence-electron chi connectivity index (χ2n) is 4.31. The van der Waals surface area contributed by atoms with Crippen LogP contribution in [0.3, 0.4) is 0 Å². The maximum Gasteiger partial charge on any atom is 0.00785 e. The number of benzene rings is 1. The molecule has 2 heteroatoms. The molecule has 0 saturated heterocycles. The van der Waals surface area contributed by atoms with Crippen molar-refractivity contribution in [3.05, 3.63) is 40.5 Å². The molecule has 76 valence electrons. The van der Waals surface area contributed by atoms with Gasteiger partial charge in [-0.25, -0.2) is 0 Å². The first-order valence-electron chi connectivity index (χ1n) is 5.22. The molecule has 1 rings (SSSR count). The smallest absolute Gasteiger partial charge is 0.00785 e. The summed E-state index contributed by atoms with van der Waals surface area (Å²) in [7, 11) is 2.54. The van der Waals surface area contributed by atoms with Gasteiger partial charge in [0.25, 0.3) is 0 Å². The molecule has 0 aromatic heterocycles. The summed E-state index contributed by atoms with van der Waals surface area (Å²) in [6, 6.07) is 2.29. The van der Waals surface area contributed by atoms with E-state index in [0.717, 1.165) is 5.16 Å². The zero-order valence-corrected chi connectivity index (χ0v) is 13.9. The number of hydrogen-bond donors (Lipinski definition) is 0. The Balaban J connectivity index is 3.52. The third-order valence-corrected chi connectivity index (χ3v) is 4.19. The van der Waals surface area contributed by atoms with Crippen molar-refractivity contribution in [3.8, 4) is 0 Å². The second-order valence-corrected chi connectivity index (χ2v) is 10.1. The minimum atomic E-state index is 0.849. The molecule has 0 amide bonds. The fraction of sp³-hybridized carbons (Fsp3) is 0.333. The normalized spacial score (nSPS) is 13.1. The van der Waals surface area contributed by atoms with Crippen LogP contribution in [0, 0.1) is 20.8 Å². The van der Waals surface area contributed by atoms with Crippen molar-refractivity contribution in [2.75, 3.05) is 0 Å². The minimum Gasteiger partial charge on any atom is -0.0985 e. The van der Waals surface area contributed by atoms with Gasteiger partial charge in [-0.1, -0.05) is 18.7 Å². The Kier molecular flexibility index (Phi) is 3.50. The highest BCUT2D eigenvalue weighted by atomic mass is 28.2. The lowest BCUT2D eigenvalue weighted by Gasteiger charge is -2.18. The standard InChI is InChI=1S/C12H20Si2/c1-5-10-6-7(2)8(3)9(4)11(10)12(13)14/h5-6,12H,1H2,2-4,13-14H3. The molecule has 14 heavy (non-hydrogen) atoms. The van der Waals surface area contributed by atoms with Crippen molar-refractivity contribution in [2.24, 2.45) is 0 Å². The quantitative estimate of drug-likeness (QED) is 0.652. The Morgan fingerprint density at radius 1 is 1.21 bits per heavy atom. The molecular formula is C12H20Si2. The van der Waals surface area contributed by atoms with Crippen LogP contribution in [0.15, 0.2) is 12.6 Å². The minimum absolute atomic E-state index is 0.849. The van der Waals surface area contributed by atoms with Crippen LogP contribution in [0.5, 0.6) is 0 Å². The summed E-state index contributed by atoms with van der Waals surface area (Å²) < 4.78 is 0. The predicted molar refractivity (Wildman–Crippen MR) is 73.4 cm³/mol. The number of hydrogen-bond acceptors (Lipinski definition) is 0. The van der Waals surface area contributed by atoms with Gasteiger partial charge in [0.1, 0.15) is 0 Å². The molecule has 0 fully saturated rings. The van der Waals surface area contributed by atoms with Gasteiger partial charge in [0.05, 0.1) is 0 Å². The van der Waals surface area contributed by atoms with E-state index in [-0.39, 0.29) is 0 Å². The second kappa shape index (κ2) is 4.28. The summed E-state index contributed by atoms with van der Waals surface area (Å²) in [5.74, 6) is 0. The number of aryl methyl sites for hydroxylation is 1. The first kappa shape index (κ1) is 11.5. The van der Waals surface area contributed by atoms with Gasteiger partial charge in [-0.3, -0.25) is 0 Å². The van der Waals surface area contributed by atoms with E-state index in [1.807, 2.05) is 6.08 Å². The average molecular weight is 220 g/mol. The third kappa shape index (κ3) is 1.91. The largest absolute Gasteiger partial charge is 0.0985 e. The van der Waals surface area contributed by atoms with E-state index in [4.69, 9.17) is 0 Å². The molecule has 0 aliphatic heterocycles. The molecule has 0 aliphatic rings. The van der Waals surface area contributed by atoms with Crippen molar-refractivity contribution in [3.63, 3.8) is 0 Å². The summed E-state index contributed by atoms with van der Waals surface area (Å²) >= 11 is 0. The Bertz CT molecular complexity index is 365. The van der Waals surface area contributed by atoms with Crippen LogP contribution >= 0.6 is 0 Å². The molecule has 0 saturated carbocycles. The van der Waals surface area contributed by atoms with Gasteiger partial charge >= 0.3 is 0 Å². The molecule has 1 aromatic rings. The molecule has 0 aliphatic carbocycles. The van der Waals surface area contributed by atoms with Gasteiger partial charge < -0.3 is 0 Å². The van der Waals surface area contributed by atoms with Crippen LogP contribution < -0.4 is 0 Å². The Morgan fingerprint density at radius 2 is 1.79 bits per heavy atom. The lowest BCUT2D eigenvalue weighted by Crippen LogP contribution is -2.05. The highest BCUT2D eigenvalue weighted by Gasteiger charge is 2.11. The van der Waals surface area contributed by atoms with Crippen LogP contribution in [0.1, 0.15) is 33.0 Å². The summed E-state index contributed by atoms with van der Waals surface area (Å²) in [6.45, 7) is 10.6. The molecule has 0 unspecified atom stereocenters. The fourth-order valence-corrected chi connectivity index (χ4v) is 3.60. The van der Waals surface area contributed by atoms with Crippen molar-refractivity contribution in [1.29, 1.82) is 0 Å². The Labute approximate surface area is 93.3 Å². The lowest BCUT2D eigenvalue weighted by atomic mass is 9.94. The van der Waals surface area contributed by atoms with Gasteiger partial charge in [0, 0.05) is 20.5 Å². The molecule has 1 aromatic carbocycles. The molecule has 0 nitrogen and oxygen atoms in total. The van der Waals surface area contributed by atoms with Crippen LogP contribution in [-0.2, 0) is 0 Å². The molecule has 0 radical (unpaired) electrons. The maximum absolute atomic E-state index is 3.92. The summed E-state index contributed by atoms with van der Waals surface area (Å²) in [5.41, 5.74) is 7.28. The van der Waals surface area contributed by atoms with Crippen LogP contribution in [0.25, 0.3) is 6.08 Å². The summed E-state index contributed by atoms with van der Waals surface area (Å²) in [6.07, 6.45) is 2.01. The lowest BCUT2D eigenvalue weighted by molar-refractivity contribution is 1.17. The van der Waals surface area contributed by atoms with Crippen molar-refractivity contribution < 1.29 is 0 Å². The first-order valence-corrected chi connectivity index (χ1v) is 7.53. The first-order chi connectivity index (χ1) is 6.49. The van der Waals surface area contributed by atoms with Crippen molar-refractivity contribution in [2.45, 2.75) is 25.9 Å². The van der Waals surface area contributed by atoms with Gasteiger partial charge in [-0.15, -0.1) is 0 Å². The molecule has 0 spiro atoms. The zero-order chi connectivity index (χ0) is 10.9. The third-order valence-electron chi connectivity index (χ3n) is 3.04. The van der Waals surface area contributed by atoms with Gasteiger partial charge in [0.2, 0.25) is 0 Å². The topological polar surface area (TPSA) is 0 Å². The molecule has 0 heterocycles. The van der Waals surface area contributed by atoms with Gasteiger partial charge in [-0.2, -0.15) is 0 Å².